The van der Waals surface area contributed by atoms with Crippen LogP contribution in [0.1, 0.15) is 30.1 Å². The van der Waals surface area contributed by atoms with E-state index in [1.54, 1.807) is 19.0 Å². The summed E-state index contributed by atoms with van der Waals surface area (Å²) in [4.78, 5) is 20.2. The number of aryl methyl sites for hydroxylation is 1. The summed E-state index contributed by atoms with van der Waals surface area (Å²) >= 11 is 0. The van der Waals surface area contributed by atoms with Gasteiger partial charge in [0.15, 0.2) is 0 Å². The number of aromatic nitrogens is 2. The maximum absolute atomic E-state index is 12.2. The van der Waals surface area contributed by atoms with Crippen molar-refractivity contribution in [3.8, 4) is 0 Å². The molecule has 1 saturated carbocycles. The summed E-state index contributed by atoms with van der Waals surface area (Å²) in [5.41, 5.74) is 2.22. The normalized spacial score (nSPS) is 21.3. The number of urea groups is 1. The molecule has 2 heterocycles. The van der Waals surface area contributed by atoms with E-state index in [0.29, 0.717) is 19.7 Å². The third-order valence-electron chi connectivity index (χ3n) is 4.25. The Labute approximate surface area is 125 Å². The maximum Gasteiger partial charge on any atom is 0.319 e. The van der Waals surface area contributed by atoms with Crippen LogP contribution in [-0.2, 0) is 18.3 Å². The van der Waals surface area contributed by atoms with Crippen LogP contribution in [0.3, 0.4) is 0 Å². The SMILES string of the molecule is CN(C)C(=O)N1Cc2ncn(C)c2[C@@H](COCC2CC2)C1. The molecule has 0 saturated heterocycles. The third kappa shape index (κ3) is 3.05. The Kier molecular flexibility index (Phi) is 3.89. The van der Waals surface area contributed by atoms with Gasteiger partial charge < -0.3 is 19.1 Å². The number of carbonyl (C=O) groups is 1. The fraction of sp³-hybridized carbons (Fsp3) is 0.733. The van der Waals surface area contributed by atoms with Crippen LogP contribution in [0.15, 0.2) is 6.33 Å². The van der Waals surface area contributed by atoms with Gasteiger partial charge in [0.1, 0.15) is 0 Å². The average molecular weight is 292 g/mol. The summed E-state index contributed by atoms with van der Waals surface area (Å²) < 4.78 is 7.94. The lowest BCUT2D eigenvalue weighted by Crippen LogP contribution is -2.44. The lowest BCUT2D eigenvalue weighted by molar-refractivity contribution is 0.0897. The quantitative estimate of drug-likeness (QED) is 0.843. The molecule has 1 atom stereocenters. The number of hydrogen-bond donors (Lipinski definition) is 0. The van der Waals surface area contributed by atoms with Crippen LogP contribution in [0.2, 0.25) is 0 Å². The molecule has 0 unspecified atom stereocenters. The standard InChI is InChI=1S/C15H24N4O2/c1-17(2)15(20)19-6-12(9-21-8-11-4-5-11)14-13(7-19)16-10-18(14)3/h10-12H,4-9H2,1-3H3/t12-/m1/s1. The van der Waals surface area contributed by atoms with Gasteiger partial charge in [0.05, 0.1) is 25.2 Å². The van der Waals surface area contributed by atoms with Crippen molar-refractivity contribution in [2.75, 3.05) is 33.9 Å². The van der Waals surface area contributed by atoms with Crippen LogP contribution in [0.25, 0.3) is 0 Å². The summed E-state index contributed by atoms with van der Waals surface area (Å²) in [7, 11) is 5.59. The first-order chi connectivity index (χ1) is 10.1. The molecule has 1 aliphatic heterocycles. The van der Waals surface area contributed by atoms with Crippen molar-refractivity contribution in [2.45, 2.75) is 25.3 Å². The highest BCUT2D eigenvalue weighted by Crippen LogP contribution is 2.31. The number of ether oxygens (including phenoxy) is 1. The highest BCUT2D eigenvalue weighted by atomic mass is 16.5. The molecule has 0 radical (unpaired) electrons. The maximum atomic E-state index is 12.2. The molecule has 0 N–H and O–H groups in total. The first kappa shape index (κ1) is 14.4. The van der Waals surface area contributed by atoms with Gasteiger partial charge in [0, 0.05) is 45.9 Å². The van der Waals surface area contributed by atoms with Crippen molar-refractivity contribution in [2.24, 2.45) is 13.0 Å². The van der Waals surface area contributed by atoms with Crippen molar-refractivity contribution in [3.05, 3.63) is 17.7 Å². The molecule has 6 nitrogen and oxygen atoms in total. The highest BCUT2D eigenvalue weighted by Gasteiger charge is 2.32. The number of hydrogen-bond acceptors (Lipinski definition) is 3. The van der Waals surface area contributed by atoms with Gasteiger partial charge in [-0.15, -0.1) is 0 Å². The molecule has 3 rings (SSSR count). The average Bonchev–Trinajstić information content (AvgIpc) is 3.20. The summed E-state index contributed by atoms with van der Waals surface area (Å²) in [6, 6.07) is 0.0403. The number of amides is 2. The van der Waals surface area contributed by atoms with Gasteiger partial charge in [-0.05, 0) is 18.8 Å². The predicted octanol–water partition coefficient (Wildman–Crippen LogP) is 1.43. The number of imidazole rings is 1. The second-order valence-corrected chi connectivity index (χ2v) is 6.42. The Morgan fingerprint density at radius 1 is 1.43 bits per heavy atom. The number of fused-ring (bicyclic) bond motifs is 1. The van der Waals surface area contributed by atoms with E-state index in [9.17, 15) is 4.79 Å². The van der Waals surface area contributed by atoms with E-state index in [-0.39, 0.29) is 11.9 Å². The van der Waals surface area contributed by atoms with Gasteiger partial charge in [-0.1, -0.05) is 0 Å². The topological polar surface area (TPSA) is 50.6 Å². The molecule has 1 aromatic rings. The van der Waals surface area contributed by atoms with Crippen LogP contribution in [-0.4, -0.2) is 59.2 Å². The molecule has 21 heavy (non-hydrogen) atoms. The minimum atomic E-state index is 0.0403. The molecule has 2 aliphatic rings. The fourth-order valence-corrected chi connectivity index (χ4v) is 2.95. The Balaban J connectivity index is 1.72. The lowest BCUT2D eigenvalue weighted by atomic mass is 9.99. The molecular formula is C15H24N4O2. The second kappa shape index (κ2) is 5.67. The first-order valence-corrected chi connectivity index (χ1v) is 7.60. The van der Waals surface area contributed by atoms with E-state index in [0.717, 1.165) is 18.2 Å². The van der Waals surface area contributed by atoms with E-state index in [4.69, 9.17) is 4.74 Å². The number of carbonyl (C=O) groups excluding carboxylic acids is 1. The van der Waals surface area contributed by atoms with Crippen molar-refractivity contribution in [1.82, 2.24) is 19.4 Å². The van der Waals surface area contributed by atoms with Gasteiger partial charge >= 0.3 is 6.03 Å². The zero-order valence-corrected chi connectivity index (χ0v) is 13.1. The predicted molar refractivity (Wildman–Crippen MR) is 79.0 cm³/mol. The minimum absolute atomic E-state index is 0.0403. The zero-order valence-electron chi connectivity index (χ0n) is 13.1. The Morgan fingerprint density at radius 2 is 2.19 bits per heavy atom. The van der Waals surface area contributed by atoms with Gasteiger partial charge in [0.25, 0.3) is 0 Å². The second-order valence-electron chi connectivity index (χ2n) is 6.42. The monoisotopic (exact) mass is 292 g/mol. The van der Waals surface area contributed by atoms with E-state index < -0.39 is 0 Å². The lowest BCUT2D eigenvalue weighted by Gasteiger charge is -2.34. The van der Waals surface area contributed by atoms with Crippen LogP contribution in [0, 0.1) is 5.92 Å². The number of rotatable bonds is 4. The van der Waals surface area contributed by atoms with Crippen molar-refractivity contribution in [3.63, 3.8) is 0 Å². The van der Waals surface area contributed by atoms with Crippen molar-refractivity contribution in [1.29, 1.82) is 0 Å². The Bertz CT molecular complexity index is 522. The molecule has 2 amide bonds. The molecule has 116 valence electrons. The van der Waals surface area contributed by atoms with Crippen LogP contribution in [0.4, 0.5) is 4.79 Å². The van der Waals surface area contributed by atoms with Crippen molar-refractivity contribution >= 4 is 6.03 Å². The van der Waals surface area contributed by atoms with Crippen LogP contribution < -0.4 is 0 Å². The molecule has 1 fully saturated rings. The van der Waals surface area contributed by atoms with Gasteiger partial charge in [-0.2, -0.15) is 0 Å². The Morgan fingerprint density at radius 3 is 2.86 bits per heavy atom. The summed E-state index contributed by atoms with van der Waals surface area (Å²) in [6.45, 7) is 2.81. The zero-order chi connectivity index (χ0) is 15.0. The van der Waals surface area contributed by atoms with E-state index >= 15 is 0 Å². The first-order valence-electron chi connectivity index (χ1n) is 7.60. The molecular weight excluding hydrogens is 268 g/mol. The molecule has 1 aliphatic carbocycles. The summed E-state index contributed by atoms with van der Waals surface area (Å²) in [6.07, 6.45) is 4.43. The summed E-state index contributed by atoms with van der Waals surface area (Å²) in [5, 5.41) is 0. The van der Waals surface area contributed by atoms with Crippen molar-refractivity contribution < 1.29 is 9.53 Å². The molecule has 0 spiro atoms. The highest BCUT2D eigenvalue weighted by molar-refractivity contribution is 5.74. The van der Waals surface area contributed by atoms with Crippen LogP contribution in [0.5, 0.6) is 0 Å². The van der Waals surface area contributed by atoms with Gasteiger partial charge in [-0.3, -0.25) is 0 Å². The largest absolute Gasteiger partial charge is 0.380 e. The smallest absolute Gasteiger partial charge is 0.319 e. The third-order valence-corrected chi connectivity index (χ3v) is 4.25. The van der Waals surface area contributed by atoms with Crippen LogP contribution >= 0.6 is 0 Å². The van der Waals surface area contributed by atoms with Gasteiger partial charge in [-0.25, -0.2) is 9.78 Å². The molecule has 1 aromatic heterocycles. The molecule has 6 heteroatoms. The fourth-order valence-electron chi connectivity index (χ4n) is 2.95. The van der Waals surface area contributed by atoms with Gasteiger partial charge in [0.2, 0.25) is 0 Å². The molecule has 0 aromatic carbocycles. The van der Waals surface area contributed by atoms with E-state index in [1.807, 2.05) is 18.3 Å². The molecule has 0 bridgehead atoms. The minimum Gasteiger partial charge on any atom is -0.380 e. The number of nitrogens with zero attached hydrogens (tertiary/aromatic N) is 4. The Hall–Kier alpha value is -1.56. The summed E-state index contributed by atoms with van der Waals surface area (Å²) in [5.74, 6) is 0.975. The van der Waals surface area contributed by atoms with E-state index in [2.05, 4.69) is 9.55 Å². The van der Waals surface area contributed by atoms with E-state index in [1.165, 1.54) is 18.5 Å².